The first-order valence-corrected chi connectivity index (χ1v) is 9.12. The number of ether oxygens (including phenoxy) is 1. The fraction of sp³-hybridized carbons (Fsp3) is 0.174. The Hall–Kier alpha value is -2.82. The first-order chi connectivity index (χ1) is 13.3. The van der Waals surface area contributed by atoms with Crippen LogP contribution in [0.5, 0.6) is 0 Å². The van der Waals surface area contributed by atoms with E-state index in [1.54, 1.807) is 6.07 Å². The monoisotopic (exact) mass is 360 g/mol. The normalized spacial score (nSPS) is 16.7. The molecular weight excluding hydrogens is 339 g/mol. The van der Waals surface area contributed by atoms with Gasteiger partial charge in [-0.05, 0) is 17.7 Å². The van der Waals surface area contributed by atoms with E-state index in [9.17, 15) is 4.39 Å². The molecule has 0 spiro atoms. The third-order valence-corrected chi connectivity index (χ3v) is 4.60. The van der Waals surface area contributed by atoms with E-state index in [1.165, 1.54) is 6.07 Å². The van der Waals surface area contributed by atoms with Gasteiger partial charge in [-0.25, -0.2) is 9.38 Å². The molecule has 1 aliphatic heterocycles. The lowest BCUT2D eigenvalue weighted by molar-refractivity contribution is 0.0275. The summed E-state index contributed by atoms with van der Waals surface area (Å²) in [6.45, 7) is 2.17. The molecule has 1 N–H and O–H groups in total. The average Bonchev–Trinajstić information content (AvgIpc) is 2.75. The van der Waals surface area contributed by atoms with Crippen LogP contribution in [0.2, 0.25) is 0 Å². The van der Waals surface area contributed by atoms with Crippen LogP contribution >= 0.6 is 0 Å². The third-order valence-electron chi connectivity index (χ3n) is 4.60. The van der Waals surface area contributed by atoms with Gasteiger partial charge in [0.05, 0.1) is 24.1 Å². The van der Waals surface area contributed by atoms with E-state index in [0.717, 1.165) is 28.9 Å². The number of benzene rings is 3. The maximum Gasteiger partial charge on any atom is 0.149 e. The fourth-order valence-electron chi connectivity index (χ4n) is 3.20. The van der Waals surface area contributed by atoms with Crippen LogP contribution in [0.25, 0.3) is 0 Å². The average molecular weight is 360 g/mol. The van der Waals surface area contributed by atoms with E-state index in [-0.39, 0.29) is 11.9 Å². The molecule has 0 radical (unpaired) electrons. The zero-order chi connectivity index (χ0) is 18.5. The van der Waals surface area contributed by atoms with Gasteiger partial charge >= 0.3 is 0 Å². The molecule has 0 bridgehead atoms. The van der Waals surface area contributed by atoms with Crippen molar-refractivity contribution < 1.29 is 9.13 Å². The first-order valence-electron chi connectivity index (χ1n) is 9.12. The van der Waals surface area contributed by atoms with Gasteiger partial charge in [0.15, 0.2) is 0 Å². The highest BCUT2D eigenvalue weighted by molar-refractivity contribution is 6.13. The SMILES string of the molecule is Fc1cc(C2CNCCO2)ccc1N=C(c1ccccc1)c1ccccc1. The van der Waals surface area contributed by atoms with E-state index in [2.05, 4.69) is 10.3 Å². The van der Waals surface area contributed by atoms with Gasteiger partial charge in [-0.2, -0.15) is 0 Å². The molecule has 0 amide bonds. The van der Waals surface area contributed by atoms with E-state index < -0.39 is 0 Å². The van der Waals surface area contributed by atoms with Gasteiger partial charge in [0.25, 0.3) is 0 Å². The van der Waals surface area contributed by atoms with Crippen molar-refractivity contribution in [1.82, 2.24) is 5.32 Å². The molecule has 1 heterocycles. The number of morpholine rings is 1. The number of hydrogen-bond donors (Lipinski definition) is 1. The van der Waals surface area contributed by atoms with Gasteiger partial charge < -0.3 is 10.1 Å². The number of nitrogens with one attached hydrogen (secondary N) is 1. The van der Waals surface area contributed by atoms with Crippen LogP contribution in [0, 0.1) is 5.82 Å². The van der Waals surface area contributed by atoms with Crippen LogP contribution in [0.1, 0.15) is 22.8 Å². The van der Waals surface area contributed by atoms with E-state index in [4.69, 9.17) is 4.74 Å². The van der Waals surface area contributed by atoms with Crippen molar-refractivity contribution in [3.8, 4) is 0 Å². The molecule has 4 rings (SSSR count). The molecular formula is C23H21FN2O. The Kier molecular flexibility index (Phi) is 5.37. The Morgan fingerprint density at radius 3 is 2.15 bits per heavy atom. The number of hydrogen-bond acceptors (Lipinski definition) is 3. The molecule has 1 fully saturated rings. The second kappa shape index (κ2) is 8.25. The molecule has 3 aromatic carbocycles. The van der Waals surface area contributed by atoms with Crippen molar-refractivity contribution in [3.63, 3.8) is 0 Å². The molecule has 3 nitrogen and oxygen atoms in total. The lowest BCUT2D eigenvalue weighted by Crippen LogP contribution is -2.33. The summed E-state index contributed by atoms with van der Waals surface area (Å²) in [5.74, 6) is -0.342. The van der Waals surface area contributed by atoms with Gasteiger partial charge in [-0.1, -0.05) is 66.7 Å². The highest BCUT2D eigenvalue weighted by Crippen LogP contribution is 2.26. The second-order valence-electron chi connectivity index (χ2n) is 6.47. The van der Waals surface area contributed by atoms with Crippen molar-refractivity contribution >= 4 is 11.4 Å². The van der Waals surface area contributed by atoms with Gasteiger partial charge in [-0.3, -0.25) is 0 Å². The Labute approximate surface area is 158 Å². The maximum absolute atomic E-state index is 14.8. The van der Waals surface area contributed by atoms with Crippen LogP contribution in [0.15, 0.2) is 83.9 Å². The van der Waals surface area contributed by atoms with Crippen LogP contribution in [-0.2, 0) is 4.74 Å². The molecule has 1 aliphatic rings. The number of aliphatic imine (C=N–C) groups is 1. The Morgan fingerprint density at radius 2 is 1.59 bits per heavy atom. The Balaban J connectivity index is 1.72. The Morgan fingerprint density at radius 1 is 0.926 bits per heavy atom. The minimum atomic E-state index is -0.342. The van der Waals surface area contributed by atoms with E-state index >= 15 is 0 Å². The van der Waals surface area contributed by atoms with Gasteiger partial charge in [0, 0.05) is 24.2 Å². The summed E-state index contributed by atoms with van der Waals surface area (Å²) >= 11 is 0. The van der Waals surface area contributed by atoms with Crippen molar-refractivity contribution in [3.05, 3.63) is 101 Å². The van der Waals surface area contributed by atoms with Gasteiger partial charge in [0.2, 0.25) is 0 Å². The molecule has 0 aromatic heterocycles. The minimum Gasteiger partial charge on any atom is -0.371 e. The molecule has 3 aromatic rings. The van der Waals surface area contributed by atoms with Crippen LogP contribution < -0.4 is 5.32 Å². The summed E-state index contributed by atoms with van der Waals surface area (Å²) in [7, 11) is 0. The first kappa shape index (κ1) is 17.6. The number of halogens is 1. The molecule has 27 heavy (non-hydrogen) atoms. The fourth-order valence-corrected chi connectivity index (χ4v) is 3.20. The largest absolute Gasteiger partial charge is 0.371 e. The van der Waals surface area contributed by atoms with Crippen molar-refractivity contribution in [2.45, 2.75) is 6.10 Å². The van der Waals surface area contributed by atoms with Gasteiger partial charge in [0.1, 0.15) is 5.82 Å². The molecule has 4 heteroatoms. The summed E-state index contributed by atoms with van der Waals surface area (Å²) in [6, 6.07) is 24.9. The quantitative estimate of drug-likeness (QED) is 0.687. The van der Waals surface area contributed by atoms with Crippen molar-refractivity contribution in [2.24, 2.45) is 4.99 Å². The lowest BCUT2D eigenvalue weighted by atomic mass is 10.0. The summed E-state index contributed by atoms with van der Waals surface area (Å²) in [6.07, 6.45) is -0.117. The highest BCUT2D eigenvalue weighted by atomic mass is 19.1. The number of nitrogens with zero attached hydrogens (tertiary/aromatic N) is 1. The Bertz CT molecular complexity index is 878. The zero-order valence-corrected chi connectivity index (χ0v) is 14.9. The summed E-state index contributed by atoms with van der Waals surface area (Å²) < 4.78 is 20.5. The molecule has 1 saturated heterocycles. The summed E-state index contributed by atoms with van der Waals surface area (Å²) in [4.78, 5) is 4.67. The lowest BCUT2D eigenvalue weighted by Gasteiger charge is -2.24. The third kappa shape index (κ3) is 4.13. The maximum atomic E-state index is 14.8. The predicted octanol–water partition coefficient (Wildman–Crippen LogP) is 4.66. The van der Waals surface area contributed by atoms with Crippen LogP contribution in [0.3, 0.4) is 0 Å². The highest BCUT2D eigenvalue weighted by Gasteiger charge is 2.17. The van der Waals surface area contributed by atoms with Crippen LogP contribution in [0.4, 0.5) is 10.1 Å². The molecule has 0 aliphatic carbocycles. The minimum absolute atomic E-state index is 0.117. The smallest absolute Gasteiger partial charge is 0.149 e. The molecule has 136 valence electrons. The van der Waals surface area contributed by atoms with Crippen LogP contribution in [-0.4, -0.2) is 25.4 Å². The standard InChI is InChI=1S/C23H21FN2O/c24-20-15-19(22-16-25-13-14-27-22)11-12-21(20)26-23(17-7-3-1-4-8-17)18-9-5-2-6-10-18/h1-12,15,22,25H,13-14,16H2. The van der Waals surface area contributed by atoms with E-state index in [0.29, 0.717) is 18.8 Å². The molecule has 0 saturated carbocycles. The van der Waals surface area contributed by atoms with Gasteiger partial charge in [-0.15, -0.1) is 0 Å². The number of rotatable bonds is 4. The summed E-state index contributed by atoms with van der Waals surface area (Å²) in [5, 5.41) is 3.27. The van der Waals surface area contributed by atoms with E-state index in [1.807, 2.05) is 66.7 Å². The molecule has 1 unspecified atom stereocenters. The predicted molar refractivity (Wildman–Crippen MR) is 106 cm³/mol. The molecule has 1 atom stereocenters. The summed E-state index contributed by atoms with van der Waals surface area (Å²) in [5.41, 5.74) is 3.81. The van der Waals surface area contributed by atoms with Crippen molar-refractivity contribution in [2.75, 3.05) is 19.7 Å². The zero-order valence-electron chi connectivity index (χ0n) is 14.9. The van der Waals surface area contributed by atoms with Crippen molar-refractivity contribution in [1.29, 1.82) is 0 Å². The second-order valence-corrected chi connectivity index (χ2v) is 6.47. The topological polar surface area (TPSA) is 33.6 Å².